The maximum Gasteiger partial charge on any atom is 0.335 e. The van der Waals surface area contributed by atoms with E-state index in [1.54, 1.807) is 24.3 Å². The Labute approximate surface area is 102 Å². The second-order valence-corrected chi connectivity index (χ2v) is 4.43. The molecule has 0 fully saturated rings. The summed E-state index contributed by atoms with van der Waals surface area (Å²) in [5, 5.41) is 12.0. The van der Waals surface area contributed by atoms with Gasteiger partial charge in [-0.3, -0.25) is 0 Å². The molecule has 0 bridgehead atoms. The van der Waals surface area contributed by atoms with E-state index in [0.717, 1.165) is 5.69 Å². The highest BCUT2D eigenvalue weighted by Crippen LogP contribution is 2.13. The molecule has 0 aliphatic rings. The number of rotatable bonds is 6. The Morgan fingerprint density at radius 1 is 1.35 bits per heavy atom. The Hall–Kier alpha value is -1.55. The quantitative estimate of drug-likeness (QED) is 0.798. The van der Waals surface area contributed by atoms with Gasteiger partial charge in [0.25, 0.3) is 0 Å². The van der Waals surface area contributed by atoms with Gasteiger partial charge in [0.2, 0.25) is 0 Å². The van der Waals surface area contributed by atoms with Crippen LogP contribution in [0.1, 0.15) is 31.1 Å². The molecule has 1 rings (SSSR count). The molecule has 0 saturated heterocycles. The van der Waals surface area contributed by atoms with Crippen molar-refractivity contribution < 1.29 is 14.6 Å². The first-order valence-electron chi connectivity index (χ1n) is 5.66. The predicted octanol–water partition coefficient (Wildman–Crippen LogP) is 2.61. The van der Waals surface area contributed by atoms with Gasteiger partial charge in [-0.1, -0.05) is 0 Å². The highest BCUT2D eigenvalue weighted by atomic mass is 16.5. The van der Waals surface area contributed by atoms with Gasteiger partial charge in [-0.25, -0.2) is 4.79 Å². The van der Waals surface area contributed by atoms with Crippen LogP contribution < -0.4 is 5.32 Å². The van der Waals surface area contributed by atoms with Crippen molar-refractivity contribution in [3.8, 4) is 0 Å². The number of ether oxygens (including phenoxy) is 1. The molecule has 4 nitrogen and oxygen atoms in total. The van der Waals surface area contributed by atoms with Crippen molar-refractivity contribution in [2.75, 3.05) is 18.5 Å². The van der Waals surface area contributed by atoms with Gasteiger partial charge >= 0.3 is 5.97 Å². The third-order valence-corrected chi connectivity index (χ3v) is 2.39. The van der Waals surface area contributed by atoms with E-state index in [2.05, 4.69) is 5.32 Å². The molecule has 4 heteroatoms. The van der Waals surface area contributed by atoms with Gasteiger partial charge in [0.05, 0.1) is 11.2 Å². The van der Waals surface area contributed by atoms with E-state index in [0.29, 0.717) is 18.7 Å². The lowest BCUT2D eigenvalue weighted by atomic mass is 10.1. The molecule has 0 amide bonds. The second-order valence-electron chi connectivity index (χ2n) is 4.43. The van der Waals surface area contributed by atoms with E-state index in [-0.39, 0.29) is 5.60 Å². The Bertz CT molecular complexity index is 371. The molecular formula is C13H19NO3. The minimum absolute atomic E-state index is 0.236. The van der Waals surface area contributed by atoms with Crippen molar-refractivity contribution in [2.45, 2.75) is 26.4 Å². The number of carbonyl (C=O) groups is 1. The van der Waals surface area contributed by atoms with Crippen LogP contribution in [0.2, 0.25) is 0 Å². The van der Waals surface area contributed by atoms with Crippen molar-refractivity contribution in [2.24, 2.45) is 0 Å². The third kappa shape index (κ3) is 4.44. The van der Waals surface area contributed by atoms with Crippen LogP contribution in [0.4, 0.5) is 5.69 Å². The Balaban J connectivity index is 2.55. The van der Waals surface area contributed by atoms with E-state index >= 15 is 0 Å². The zero-order valence-electron chi connectivity index (χ0n) is 10.5. The molecule has 0 spiro atoms. The SMILES string of the molecule is CCOC(C)(C)CNc1ccc(C(=O)O)cc1. The van der Waals surface area contributed by atoms with Crippen LogP contribution in [0.5, 0.6) is 0 Å². The minimum Gasteiger partial charge on any atom is -0.478 e. The maximum absolute atomic E-state index is 10.7. The van der Waals surface area contributed by atoms with E-state index in [1.165, 1.54) is 0 Å². The molecular weight excluding hydrogens is 218 g/mol. The molecule has 0 aromatic heterocycles. The lowest BCUT2D eigenvalue weighted by Crippen LogP contribution is -2.33. The zero-order chi connectivity index (χ0) is 12.9. The number of carboxylic acid groups (broad SMARTS) is 1. The van der Waals surface area contributed by atoms with Gasteiger partial charge in [-0.15, -0.1) is 0 Å². The van der Waals surface area contributed by atoms with E-state index in [9.17, 15) is 4.79 Å². The fourth-order valence-corrected chi connectivity index (χ4v) is 1.49. The molecule has 0 heterocycles. The van der Waals surface area contributed by atoms with Gasteiger partial charge in [0, 0.05) is 18.8 Å². The van der Waals surface area contributed by atoms with Crippen LogP contribution in [-0.2, 0) is 4.74 Å². The Morgan fingerprint density at radius 2 is 1.94 bits per heavy atom. The summed E-state index contributed by atoms with van der Waals surface area (Å²) in [5.41, 5.74) is 0.947. The molecule has 1 aromatic rings. The molecule has 17 heavy (non-hydrogen) atoms. The van der Waals surface area contributed by atoms with Crippen LogP contribution in [-0.4, -0.2) is 29.8 Å². The number of hydrogen-bond donors (Lipinski definition) is 2. The summed E-state index contributed by atoms with van der Waals surface area (Å²) in [5.74, 6) is -0.911. The van der Waals surface area contributed by atoms with Crippen LogP contribution in [0, 0.1) is 0 Å². The fourth-order valence-electron chi connectivity index (χ4n) is 1.49. The van der Waals surface area contributed by atoms with Crippen molar-refractivity contribution in [1.29, 1.82) is 0 Å². The lowest BCUT2D eigenvalue weighted by Gasteiger charge is -2.25. The largest absolute Gasteiger partial charge is 0.478 e. The summed E-state index contributed by atoms with van der Waals surface area (Å²) in [7, 11) is 0. The molecule has 1 aromatic carbocycles. The standard InChI is InChI=1S/C13H19NO3/c1-4-17-13(2,3)9-14-11-7-5-10(6-8-11)12(15)16/h5-8,14H,4,9H2,1-3H3,(H,15,16). The molecule has 0 aliphatic heterocycles. The lowest BCUT2D eigenvalue weighted by molar-refractivity contribution is 0.000691. The number of anilines is 1. The zero-order valence-corrected chi connectivity index (χ0v) is 10.5. The first-order valence-corrected chi connectivity index (χ1v) is 5.66. The summed E-state index contributed by atoms with van der Waals surface area (Å²) in [6.45, 7) is 7.33. The van der Waals surface area contributed by atoms with Crippen molar-refractivity contribution in [3.05, 3.63) is 29.8 Å². The van der Waals surface area contributed by atoms with Crippen LogP contribution in [0.15, 0.2) is 24.3 Å². The topological polar surface area (TPSA) is 58.6 Å². The third-order valence-electron chi connectivity index (χ3n) is 2.39. The number of benzene rings is 1. The summed E-state index contributed by atoms with van der Waals surface area (Å²) in [6.07, 6.45) is 0. The van der Waals surface area contributed by atoms with Gasteiger partial charge in [0.15, 0.2) is 0 Å². The molecule has 2 N–H and O–H groups in total. The predicted molar refractivity (Wildman–Crippen MR) is 67.6 cm³/mol. The summed E-state index contributed by atoms with van der Waals surface area (Å²) in [4.78, 5) is 10.7. The number of nitrogens with one attached hydrogen (secondary N) is 1. The van der Waals surface area contributed by atoms with Gasteiger partial charge in [-0.05, 0) is 45.0 Å². The van der Waals surface area contributed by atoms with Crippen LogP contribution >= 0.6 is 0 Å². The molecule has 0 unspecified atom stereocenters. The second kappa shape index (κ2) is 5.68. The van der Waals surface area contributed by atoms with Crippen molar-refractivity contribution >= 4 is 11.7 Å². The molecule has 0 aliphatic carbocycles. The van der Waals surface area contributed by atoms with Crippen LogP contribution in [0.3, 0.4) is 0 Å². The van der Waals surface area contributed by atoms with E-state index in [4.69, 9.17) is 9.84 Å². The Kier molecular flexibility index (Phi) is 4.52. The van der Waals surface area contributed by atoms with Gasteiger partial charge < -0.3 is 15.2 Å². The fraction of sp³-hybridized carbons (Fsp3) is 0.462. The molecule has 0 radical (unpaired) electrons. The average molecular weight is 237 g/mol. The highest BCUT2D eigenvalue weighted by Gasteiger charge is 2.16. The Morgan fingerprint density at radius 3 is 2.41 bits per heavy atom. The van der Waals surface area contributed by atoms with Crippen molar-refractivity contribution in [1.82, 2.24) is 0 Å². The van der Waals surface area contributed by atoms with E-state index in [1.807, 2.05) is 20.8 Å². The summed E-state index contributed by atoms with van der Waals surface area (Å²) in [6, 6.07) is 6.67. The summed E-state index contributed by atoms with van der Waals surface area (Å²) < 4.78 is 5.56. The minimum atomic E-state index is -0.911. The van der Waals surface area contributed by atoms with Gasteiger partial charge in [0.1, 0.15) is 0 Å². The summed E-state index contributed by atoms with van der Waals surface area (Å²) >= 11 is 0. The van der Waals surface area contributed by atoms with Gasteiger partial charge in [-0.2, -0.15) is 0 Å². The van der Waals surface area contributed by atoms with Crippen LogP contribution in [0.25, 0.3) is 0 Å². The first kappa shape index (κ1) is 13.5. The average Bonchev–Trinajstić information content (AvgIpc) is 2.27. The number of hydrogen-bond acceptors (Lipinski definition) is 3. The number of carboxylic acids is 1. The normalized spacial score (nSPS) is 11.2. The first-order chi connectivity index (χ1) is 7.94. The molecule has 0 saturated carbocycles. The smallest absolute Gasteiger partial charge is 0.335 e. The monoisotopic (exact) mass is 237 g/mol. The molecule has 0 atom stereocenters. The number of aromatic carboxylic acids is 1. The van der Waals surface area contributed by atoms with Crippen molar-refractivity contribution in [3.63, 3.8) is 0 Å². The maximum atomic E-state index is 10.7. The molecule has 94 valence electrons. The highest BCUT2D eigenvalue weighted by molar-refractivity contribution is 5.87. The van der Waals surface area contributed by atoms with E-state index < -0.39 is 5.97 Å².